The van der Waals surface area contributed by atoms with Gasteiger partial charge in [0.2, 0.25) is 0 Å². The lowest BCUT2D eigenvalue weighted by molar-refractivity contribution is 0.192. The van der Waals surface area contributed by atoms with Crippen molar-refractivity contribution in [3.05, 3.63) is 71.3 Å². The zero-order valence-electron chi connectivity index (χ0n) is 17.6. The van der Waals surface area contributed by atoms with Gasteiger partial charge in [-0.2, -0.15) is 0 Å². The molecule has 0 saturated heterocycles. The molecular formula is C25H38O2. The predicted octanol–water partition coefficient (Wildman–Crippen LogP) is 6.40. The van der Waals surface area contributed by atoms with Crippen LogP contribution in [0.25, 0.3) is 0 Å². The summed E-state index contributed by atoms with van der Waals surface area (Å²) in [6.07, 6.45) is 9.84. The summed E-state index contributed by atoms with van der Waals surface area (Å²) >= 11 is 0. The number of aryl methyl sites for hydroxylation is 3. The molecule has 2 aromatic carbocycles. The summed E-state index contributed by atoms with van der Waals surface area (Å²) in [4.78, 5) is 0. The van der Waals surface area contributed by atoms with Gasteiger partial charge in [-0.3, -0.25) is 0 Å². The number of ether oxygens (including phenoxy) is 2. The van der Waals surface area contributed by atoms with Crippen molar-refractivity contribution in [2.45, 2.75) is 58.3 Å². The van der Waals surface area contributed by atoms with Gasteiger partial charge in [0.1, 0.15) is 0 Å². The highest BCUT2D eigenvalue weighted by atomic mass is 16.5. The van der Waals surface area contributed by atoms with Gasteiger partial charge in [0.15, 0.2) is 0 Å². The van der Waals surface area contributed by atoms with Gasteiger partial charge < -0.3 is 9.47 Å². The third-order valence-corrected chi connectivity index (χ3v) is 4.59. The van der Waals surface area contributed by atoms with Crippen LogP contribution < -0.4 is 0 Å². The molecule has 2 rings (SSSR count). The molecular weight excluding hydrogens is 332 g/mol. The molecule has 0 aliphatic carbocycles. The van der Waals surface area contributed by atoms with E-state index in [4.69, 9.17) is 9.47 Å². The Balaban J connectivity index is 0.000000271. The lowest BCUT2D eigenvalue weighted by Gasteiger charge is -2.02. The molecule has 0 bridgehead atoms. The van der Waals surface area contributed by atoms with Gasteiger partial charge in [0, 0.05) is 27.4 Å². The molecule has 150 valence electrons. The average molecular weight is 371 g/mol. The van der Waals surface area contributed by atoms with E-state index in [0.717, 1.165) is 13.2 Å². The smallest absolute Gasteiger partial charge is 0.0462 e. The van der Waals surface area contributed by atoms with Gasteiger partial charge in [0.05, 0.1) is 0 Å². The van der Waals surface area contributed by atoms with E-state index in [1.807, 2.05) is 0 Å². The van der Waals surface area contributed by atoms with Crippen molar-refractivity contribution in [1.82, 2.24) is 0 Å². The van der Waals surface area contributed by atoms with E-state index in [9.17, 15) is 0 Å². The Kier molecular flexibility index (Phi) is 14.3. The number of benzene rings is 2. The zero-order chi connectivity index (χ0) is 19.6. The van der Waals surface area contributed by atoms with Crippen LogP contribution in [0.5, 0.6) is 0 Å². The standard InChI is InChI=1S/C13H20O.C12H18O/c1-12-7-9-13(10-8-12)6-4-3-5-11-14-2;1-13-11-7-3-6-10-12-8-4-2-5-9-12/h7-10H,3-6,11H2,1-2H3;2,4-5,8-9H,3,6-7,10-11H2,1H3. The first-order valence-corrected chi connectivity index (χ1v) is 10.3. The lowest BCUT2D eigenvalue weighted by Crippen LogP contribution is -1.90. The van der Waals surface area contributed by atoms with Crippen LogP contribution in [-0.4, -0.2) is 27.4 Å². The third kappa shape index (κ3) is 13.2. The quantitative estimate of drug-likeness (QED) is 0.402. The highest BCUT2D eigenvalue weighted by Crippen LogP contribution is 2.08. The van der Waals surface area contributed by atoms with Crippen molar-refractivity contribution in [1.29, 1.82) is 0 Å². The van der Waals surface area contributed by atoms with Crippen molar-refractivity contribution in [2.75, 3.05) is 27.4 Å². The minimum atomic E-state index is 0.897. The maximum atomic E-state index is 5.01. The third-order valence-electron chi connectivity index (χ3n) is 4.59. The maximum absolute atomic E-state index is 5.01. The molecule has 0 unspecified atom stereocenters. The Morgan fingerprint density at radius 3 is 1.52 bits per heavy atom. The Labute approximate surface area is 166 Å². The van der Waals surface area contributed by atoms with E-state index in [1.54, 1.807) is 14.2 Å². The molecule has 0 aromatic heterocycles. The van der Waals surface area contributed by atoms with Gasteiger partial charge in [-0.25, -0.2) is 0 Å². The van der Waals surface area contributed by atoms with E-state index >= 15 is 0 Å². The summed E-state index contributed by atoms with van der Waals surface area (Å²) in [5.74, 6) is 0. The molecule has 0 amide bonds. The molecule has 0 saturated carbocycles. The number of hydrogen-bond donors (Lipinski definition) is 0. The highest BCUT2D eigenvalue weighted by Gasteiger charge is 1.93. The molecule has 0 aliphatic heterocycles. The molecule has 2 aromatic rings. The van der Waals surface area contributed by atoms with Crippen LogP contribution in [0.2, 0.25) is 0 Å². The monoisotopic (exact) mass is 370 g/mol. The molecule has 2 nitrogen and oxygen atoms in total. The van der Waals surface area contributed by atoms with E-state index in [-0.39, 0.29) is 0 Å². The van der Waals surface area contributed by atoms with Crippen LogP contribution >= 0.6 is 0 Å². The number of hydrogen-bond acceptors (Lipinski definition) is 2. The largest absolute Gasteiger partial charge is 0.385 e. The first-order chi connectivity index (χ1) is 13.3. The molecule has 0 heterocycles. The first kappa shape index (κ1) is 23.4. The predicted molar refractivity (Wildman–Crippen MR) is 116 cm³/mol. The summed E-state index contributed by atoms with van der Waals surface area (Å²) in [6.45, 7) is 3.92. The van der Waals surface area contributed by atoms with Gasteiger partial charge >= 0.3 is 0 Å². The molecule has 0 atom stereocenters. The van der Waals surface area contributed by atoms with Gasteiger partial charge in [-0.15, -0.1) is 0 Å². The molecule has 0 fully saturated rings. The van der Waals surface area contributed by atoms with Crippen LogP contribution in [0, 0.1) is 6.92 Å². The van der Waals surface area contributed by atoms with E-state index in [2.05, 4.69) is 61.5 Å². The van der Waals surface area contributed by atoms with Crippen LogP contribution in [0.3, 0.4) is 0 Å². The molecule has 2 heteroatoms. The summed E-state index contributed by atoms with van der Waals surface area (Å²) in [5.41, 5.74) is 4.24. The van der Waals surface area contributed by atoms with Crippen LogP contribution in [0.15, 0.2) is 54.6 Å². The Morgan fingerprint density at radius 1 is 0.556 bits per heavy atom. The molecule has 27 heavy (non-hydrogen) atoms. The van der Waals surface area contributed by atoms with E-state index < -0.39 is 0 Å². The van der Waals surface area contributed by atoms with E-state index in [0.29, 0.717) is 0 Å². The second kappa shape index (κ2) is 16.5. The van der Waals surface area contributed by atoms with Crippen LogP contribution in [-0.2, 0) is 22.3 Å². The summed E-state index contributed by atoms with van der Waals surface area (Å²) in [7, 11) is 3.52. The van der Waals surface area contributed by atoms with Crippen molar-refractivity contribution >= 4 is 0 Å². The molecule has 0 N–H and O–H groups in total. The SMILES string of the molecule is COCCCCCc1ccc(C)cc1.COCCCCCc1ccccc1. The van der Waals surface area contributed by atoms with E-state index in [1.165, 1.54) is 68.1 Å². The second-order valence-corrected chi connectivity index (χ2v) is 7.08. The minimum Gasteiger partial charge on any atom is -0.385 e. The minimum absolute atomic E-state index is 0.897. The average Bonchev–Trinajstić information content (AvgIpc) is 2.70. The molecule has 0 spiro atoms. The first-order valence-electron chi connectivity index (χ1n) is 10.3. The van der Waals surface area contributed by atoms with Crippen molar-refractivity contribution in [2.24, 2.45) is 0 Å². The van der Waals surface area contributed by atoms with Crippen molar-refractivity contribution < 1.29 is 9.47 Å². The molecule has 0 aliphatic rings. The lowest BCUT2D eigenvalue weighted by atomic mass is 10.1. The van der Waals surface area contributed by atoms with Crippen molar-refractivity contribution in [3.63, 3.8) is 0 Å². The fraction of sp³-hybridized carbons (Fsp3) is 0.520. The van der Waals surface area contributed by atoms with Gasteiger partial charge in [-0.05, 0) is 56.6 Å². The normalized spacial score (nSPS) is 10.3. The molecule has 0 radical (unpaired) electrons. The number of methoxy groups -OCH3 is 2. The highest BCUT2D eigenvalue weighted by molar-refractivity contribution is 5.21. The zero-order valence-corrected chi connectivity index (χ0v) is 17.6. The van der Waals surface area contributed by atoms with Crippen molar-refractivity contribution in [3.8, 4) is 0 Å². The number of unbranched alkanes of at least 4 members (excludes halogenated alkanes) is 4. The summed E-state index contributed by atoms with van der Waals surface area (Å²) in [6, 6.07) is 19.5. The Morgan fingerprint density at radius 2 is 1.04 bits per heavy atom. The van der Waals surface area contributed by atoms with Crippen LogP contribution in [0.4, 0.5) is 0 Å². The second-order valence-electron chi connectivity index (χ2n) is 7.08. The van der Waals surface area contributed by atoms with Gasteiger partial charge in [-0.1, -0.05) is 73.0 Å². The Hall–Kier alpha value is -1.64. The summed E-state index contributed by atoms with van der Waals surface area (Å²) < 4.78 is 10.0. The van der Waals surface area contributed by atoms with Crippen LogP contribution in [0.1, 0.15) is 55.2 Å². The Bertz CT molecular complexity index is 548. The fourth-order valence-electron chi connectivity index (χ4n) is 2.90. The fourth-order valence-corrected chi connectivity index (χ4v) is 2.90. The topological polar surface area (TPSA) is 18.5 Å². The maximum Gasteiger partial charge on any atom is 0.0462 e. The summed E-state index contributed by atoms with van der Waals surface area (Å²) in [5, 5.41) is 0. The van der Waals surface area contributed by atoms with Gasteiger partial charge in [0.25, 0.3) is 0 Å². The number of rotatable bonds is 12.